The summed E-state index contributed by atoms with van der Waals surface area (Å²) in [5, 5.41) is 2.93. The molecule has 1 rings (SSSR count). The largest absolute Gasteiger partial charge is 0.493 e. The van der Waals surface area contributed by atoms with Crippen molar-refractivity contribution < 1.29 is 27.8 Å². The van der Waals surface area contributed by atoms with Crippen molar-refractivity contribution in [3.8, 4) is 17.2 Å². The molecule has 0 atom stereocenters. The van der Waals surface area contributed by atoms with E-state index >= 15 is 0 Å². The van der Waals surface area contributed by atoms with Gasteiger partial charge in [-0.2, -0.15) is 8.78 Å². The Labute approximate surface area is 127 Å². The molecule has 0 bridgehead atoms. The number of nitrogens with zero attached hydrogens (tertiary/aromatic N) is 1. The first-order chi connectivity index (χ1) is 10.4. The molecule has 6 nitrogen and oxygen atoms in total. The smallest absolute Gasteiger partial charge is 0.387 e. The molecule has 0 aliphatic heterocycles. The van der Waals surface area contributed by atoms with Crippen LogP contribution in [0.2, 0.25) is 0 Å². The molecule has 0 aliphatic carbocycles. The third kappa shape index (κ3) is 4.45. The molecule has 1 aromatic rings. The summed E-state index contributed by atoms with van der Waals surface area (Å²) in [5.74, 6) is -0.514. The fourth-order valence-electron chi connectivity index (χ4n) is 1.81. The summed E-state index contributed by atoms with van der Waals surface area (Å²) in [7, 11) is 6.02. The fraction of sp³-hybridized carbons (Fsp3) is 0.500. The highest BCUT2D eigenvalue weighted by Crippen LogP contribution is 2.39. The zero-order chi connectivity index (χ0) is 16.7. The number of likely N-dealkylation sites (N-methyl/N-ethyl adjacent to an activating group) is 2. The molecule has 0 heterocycles. The summed E-state index contributed by atoms with van der Waals surface area (Å²) in [5.41, 5.74) is 0.258. The number of methoxy groups -OCH3 is 2. The van der Waals surface area contributed by atoms with Gasteiger partial charge in [-0.05, 0) is 19.2 Å². The molecule has 0 aliphatic rings. The van der Waals surface area contributed by atoms with Crippen molar-refractivity contribution in [3.63, 3.8) is 0 Å². The molecule has 1 amide bonds. The van der Waals surface area contributed by atoms with Gasteiger partial charge in [-0.15, -0.1) is 0 Å². The van der Waals surface area contributed by atoms with Crippen molar-refractivity contribution in [2.45, 2.75) is 6.61 Å². The zero-order valence-corrected chi connectivity index (χ0v) is 13.0. The molecule has 0 fully saturated rings. The number of hydrogen-bond acceptors (Lipinski definition) is 5. The number of carbonyl (C=O) groups excluding carboxylic acids is 1. The molecule has 0 spiro atoms. The van der Waals surface area contributed by atoms with E-state index in [1.165, 1.54) is 31.3 Å². The molecule has 0 unspecified atom stereocenters. The summed E-state index contributed by atoms with van der Waals surface area (Å²) in [6, 6.07) is 2.69. The summed E-state index contributed by atoms with van der Waals surface area (Å²) in [4.78, 5) is 13.8. The lowest BCUT2D eigenvalue weighted by Gasteiger charge is -2.19. The summed E-state index contributed by atoms with van der Waals surface area (Å²) >= 11 is 0. The fourth-order valence-corrected chi connectivity index (χ4v) is 1.81. The van der Waals surface area contributed by atoms with E-state index in [1.54, 1.807) is 14.1 Å². The second-order valence-corrected chi connectivity index (χ2v) is 4.42. The average Bonchev–Trinajstić information content (AvgIpc) is 2.51. The van der Waals surface area contributed by atoms with Crippen molar-refractivity contribution in [2.24, 2.45) is 0 Å². The predicted octanol–water partition coefficient (Wildman–Crippen LogP) is 1.60. The monoisotopic (exact) mass is 318 g/mol. The van der Waals surface area contributed by atoms with Crippen molar-refractivity contribution in [3.05, 3.63) is 17.7 Å². The van der Waals surface area contributed by atoms with Gasteiger partial charge in [0.15, 0.2) is 11.5 Å². The Bertz CT molecular complexity index is 487. The van der Waals surface area contributed by atoms with Gasteiger partial charge in [0.05, 0.1) is 14.2 Å². The molecule has 8 heteroatoms. The molecule has 22 heavy (non-hydrogen) atoms. The van der Waals surface area contributed by atoms with E-state index in [1.807, 2.05) is 0 Å². The molecule has 1 N–H and O–H groups in total. The number of alkyl halides is 2. The lowest BCUT2D eigenvalue weighted by atomic mass is 10.1. The van der Waals surface area contributed by atoms with E-state index in [4.69, 9.17) is 9.47 Å². The van der Waals surface area contributed by atoms with Crippen LogP contribution in [0, 0.1) is 0 Å². The van der Waals surface area contributed by atoms with Crippen LogP contribution in [0.25, 0.3) is 0 Å². The van der Waals surface area contributed by atoms with Gasteiger partial charge in [-0.3, -0.25) is 4.79 Å². The predicted molar refractivity (Wildman–Crippen MR) is 77.1 cm³/mol. The molecule has 0 aromatic heterocycles. The number of nitrogens with one attached hydrogen (secondary N) is 1. The van der Waals surface area contributed by atoms with Gasteiger partial charge in [0.2, 0.25) is 5.75 Å². The van der Waals surface area contributed by atoms with Crippen LogP contribution in [0.4, 0.5) is 8.78 Å². The van der Waals surface area contributed by atoms with E-state index in [0.717, 1.165) is 0 Å². The molecule has 1 aromatic carbocycles. The Morgan fingerprint density at radius 1 is 1.27 bits per heavy atom. The molecular formula is C14H20F2N2O4. The summed E-state index contributed by atoms with van der Waals surface area (Å²) in [6.45, 7) is -1.90. The molecule has 0 saturated heterocycles. The highest BCUT2D eigenvalue weighted by atomic mass is 19.3. The first-order valence-electron chi connectivity index (χ1n) is 6.55. The molecule has 124 valence electrons. The van der Waals surface area contributed by atoms with E-state index in [0.29, 0.717) is 13.1 Å². The number of rotatable bonds is 8. The maximum atomic E-state index is 12.5. The van der Waals surface area contributed by atoms with Crippen LogP contribution in [-0.2, 0) is 0 Å². The lowest BCUT2D eigenvalue weighted by Crippen LogP contribution is -2.32. The van der Waals surface area contributed by atoms with Gasteiger partial charge in [-0.1, -0.05) is 0 Å². The minimum absolute atomic E-state index is 0.00464. The number of amides is 1. The van der Waals surface area contributed by atoms with Crippen LogP contribution in [0.5, 0.6) is 17.2 Å². The van der Waals surface area contributed by atoms with E-state index in [-0.39, 0.29) is 28.7 Å². The van der Waals surface area contributed by atoms with Crippen LogP contribution < -0.4 is 19.5 Å². The molecule has 0 saturated carbocycles. The highest BCUT2D eigenvalue weighted by Gasteiger charge is 2.21. The number of carbonyl (C=O) groups is 1. The third-order valence-electron chi connectivity index (χ3n) is 2.96. The van der Waals surface area contributed by atoms with Crippen LogP contribution in [0.3, 0.4) is 0 Å². The number of benzene rings is 1. The normalized spacial score (nSPS) is 10.5. The van der Waals surface area contributed by atoms with Crippen molar-refractivity contribution in [1.82, 2.24) is 10.2 Å². The highest BCUT2D eigenvalue weighted by molar-refractivity contribution is 5.95. The van der Waals surface area contributed by atoms with E-state index < -0.39 is 6.61 Å². The SMILES string of the molecule is CNCCN(C)C(=O)c1cc(OC)c(OC(F)F)c(OC)c1. The Balaban J connectivity index is 3.14. The second-order valence-electron chi connectivity index (χ2n) is 4.42. The van der Waals surface area contributed by atoms with Crippen LogP contribution in [-0.4, -0.2) is 58.8 Å². The van der Waals surface area contributed by atoms with Gasteiger partial charge in [-0.25, -0.2) is 0 Å². The molecular weight excluding hydrogens is 298 g/mol. The minimum atomic E-state index is -3.03. The van der Waals surface area contributed by atoms with Gasteiger partial charge in [0, 0.05) is 25.7 Å². The zero-order valence-electron chi connectivity index (χ0n) is 13.0. The van der Waals surface area contributed by atoms with Gasteiger partial charge in [0.25, 0.3) is 5.91 Å². The van der Waals surface area contributed by atoms with Crippen molar-refractivity contribution >= 4 is 5.91 Å². The quantitative estimate of drug-likeness (QED) is 0.789. The topological polar surface area (TPSA) is 60.0 Å². The molecule has 0 radical (unpaired) electrons. The van der Waals surface area contributed by atoms with Crippen LogP contribution >= 0.6 is 0 Å². The van der Waals surface area contributed by atoms with E-state index in [2.05, 4.69) is 10.1 Å². The van der Waals surface area contributed by atoms with E-state index in [9.17, 15) is 13.6 Å². The van der Waals surface area contributed by atoms with Gasteiger partial charge in [0.1, 0.15) is 0 Å². The average molecular weight is 318 g/mol. The lowest BCUT2D eigenvalue weighted by molar-refractivity contribution is -0.0526. The number of hydrogen-bond donors (Lipinski definition) is 1. The van der Waals surface area contributed by atoms with Gasteiger partial charge < -0.3 is 24.4 Å². The Morgan fingerprint density at radius 3 is 2.23 bits per heavy atom. The standard InChI is InChI=1S/C14H20F2N2O4/c1-17-5-6-18(2)13(19)9-7-10(20-3)12(22-14(15)16)11(8-9)21-4/h7-8,14,17H,5-6H2,1-4H3. The van der Waals surface area contributed by atoms with Crippen molar-refractivity contribution in [1.29, 1.82) is 0 Å². The first-order valence-corrected chi connectivity index (χ1v) is 6.55. The van der Waals surface area contributed by atoms with Crippen LogP contribution in [0.15, 0.2) is 12.1 Å². The van der Waals surface area contributed by atoms with Crippen LogP contribution in [0.1, 0.15) is 10.4 Å². The third-order valence-corrected chi connectivity index (χ3v) is 2.96. The second kappa shape index (κ2) is 8.38. The van der Waals surface area contributed by atoms with Crippen molar-refractivity contribution in [2.75, 3.05) is 41.4 Å². The first kappa shape index (κ1) is 18.0. The Hall–Kier alpha value is -2.09. The summed E-state index contributed by atoms with van der Waals surface area (Å²) in [6.07, 6.45) is 0. The minimum Gasteiger partial charge on any atom is -0.493 e. The number of halogens is 2. The number of ether oxygens (including phenoxy) is 3. The van der Waals surface area contributed by atoms with Gasteiger partial charge >= 0.3 is 6.61 Å². The summed E-state index contributed by atoms with van der Waals surface area (Å²) < 4.78 is 39.4. The maximum Gasteiger partial charge on any atom is 0.387 e. The Morgan fingerprint density at radius 2 is 1.82 bits per heavy atom. The Kier molecular flexibility index (Phi) is 6.84. The maximum absolute atomic E-state index is 12.5.